The van der Waals surface area contributed by atoms with E-state index < -0.39 is 11.9 Å². The largest absolute Gasteiger partial charge is 0.497 e. The molecule has 0 saturated carbocycles. The number of hydrogen-bond acceptors (Lipinski definition) is 8. The summed E-state index contributed by atoms with van der Waals surface area (Å²) in [5.41, 5.74) is 3.69. The minimum atomic E-state index is -1.08. The van der Waals surface area contributed by atoms with E-state index in [1.165, 1.54) is 21.4 Å². The lowest BCUT2D eigenvalue weighted by atomic mass is 10.0. The van der Waals surface area contributed by atoms with Gasteiger partial charge in [0.2, 0.25) is 0 Å². The van der Waals surface area contributed by atoms with E-state index in [9.17, 15) is 9.59 Å². The van der Waals surface area contributed by atoms with E-state index in [1.54, 1.807) is 7.11 Å². The van der Waals surface area contributed by atoms with Crippen molar-refractivity contribution in [3.63, 3.8) is 0 Å². The van der Waals surface area contributed by atoms with Crippen molar-refractivity contribution in [1.82, 2.24) is 20.2 Å². The lowest BCUT2D eigenvalue weighted by Gasteiger charge is -2.36. The van der Waals surface area contributed by atoms with Gasteiger partial charge in [-0.1, -0.05) is 24.3 Å². The number of methoxy groups -OCH3 is 1. The van der Waals surface area contributed by atoms with Crippen LogP contribution < -0.4 is 20.6 Å². The highest BCUT2D eigenvalue weighted by atomic mass is 32.1. The molecule has 1 fully saturated rings. The Morgan fingerprint density at radius 2 is 1.90 bits per heavy atom. The van der Waals surface area contributed by atoms with Crippen LogP contribution >= 0.6 is 11.3 Å². The highest BCUT2D eigenvalue weighted by Crippen LogP contribution is 2.28. The molecule has 3 aromatic rings. The highest BCUT2D eigenvalue weighted by Gasteiger charge is 2.27. The molecule has 0 amide bonds. The Morgan fingerprint density at radius 1 is 1.15 bits per heavy atom. The van der Waals surface area contributed by atoms with E-state index in [0.717, 1.165) is 60.7 Å². The van der Waals surface area contributed by atoms with Gasteiger partial charge in [-0.2, -0.15) is 0 Å². The monoisotopic (exact) mass is 550 g/mol. The van der Waals surface area contributed by atoms with Gasteiger partial charge in [-0.25, -0.2) is 4.98 Å². The van der Waals surface area contributed by atoms with Gasteiger partial charge in [0.05, 0.1) is 36.0 Å². The molecule has 1 unspecified atom stereocenters. The number of pyridine rings is 1. The number of rotatable bonds is 8. The number of aromatic nitrogens is 2. The molecule has 206 valence electrons. The SMILES string of the molecule is COc1ccc(CCC2CN(C3=c4ncccc4=CCc4sc(C)nc43)CCN2)cc1.O=C(O)CCC(=O)O. The topological polar surface area (TPSA) is 125 Å². The lowest BCUT2D eigenvalue weighted by molar-refractivity contribution is -0.143. The number of benzene rings is 1. The van der Waals surface area contributed by atoms with Crippen molar-refractivity contribution in [2.45, 2.75) is 45.1 Å². The summed E-state index contributed by atoms with van der Waals surface area (Å²) in [4.78, 5) is 32.9. The molecule has 1 aliphatic heterocycles. The van der Waals surface area contributed by atoms with Crippen LogP contribution in [0.15, 0.2) is 42.6 Å². The number of nitrogens with one attached hydrogen (secondary N) is 1. The van der Waals surface area contributed by atoms with Crippen molar-refractivity contribution in [3.05, 3.63) is 74.3 Å². The summed E-state index contributed by atoms with van der Waals surface area (Å²) in [5.74, 6) is -1.24. The summed E-state index contributed by atoms with van der Waals surface area (Å²) >= 11 is 1.81. The van der Waals surface area contributed by atoms with Crippen molar-refractivity contribution in [2.75, 3.05) is 26.7 Å². The molecule has 0 radical (unpaired) electrons. The van der Waals surface area contributed by atoms with Crippen LogP contribution in [-0.2, 0) is 22.4 Å². The summed E-state index contributed by atoms with van der Waals surface area (Å²) in [7, 11) is 1.71. The minimum absolute atomic E-state index is 0.296. The minimum Gasteiger partial charge on any atom is -0.497 e. The Kier molecular flexibility index (Phi) is 9.67. The van der Waals surface area contributed by atoms with E-state index in [4.69, 9.17) is 24.9 Å². The van der Waals surface area contributed by atoms with Crippen LogP contribution in [0, 0.1) is 6.92 Å². The Morgan fingerprint density at radius 3 is 2.59 bits per heavy atom. The third-order valence-electron chi connectivity index (χ3n) is 6.66. The fraction of sp³-hybridized carbons (Fsp3) is 0.379. The van der Waals surface area contributed by atoms with Gasteiger partial charge in [-0.3, -0.25) is 14.6 Å². The zero-order chi connectivity index (χ0) is 27.8. The second-order valence-electron chi connectivity index (χ2n) is 9.47. The molecular formula is C29H34N4O5S. The zero-order valence-corrected chi connectivity index (χ0v) is 23.0. The zero-order valence-electron chi connectivity index (χ0n) is 22.2. The van der Waals surface area contributed by atoms with Gasteiger partial charge in [-0.15, -0.1) is 11.3 Å². The third kappa shape index (κ3) is 7.64. The van der Waals surface area contributed by atoms with Gasteiger partial charge in [0.1, 0.15) is 11.4 Å². The lowest BCUT2D eigenvalue weighted by Crippen LogP contribution is -2.52. The number of nitrogens with zero attached hydrogens (tertiary/aromatic N) is 3. The Hall–Kier alpha value is -3.76. The number of carboxylic acids is 2. The molecule has 39 heavy (non-hydrogen) atoms. The molecule has 2 aliphatic rings. The molecule has 1 aromatic carbocycles. The normalized spacial score (nSPS) is 16.1. The molecule has 1 atom stereocenters. The molecule has 9 nitrogen and oxygen atoms in total. The number of ether oxygens (including phenoxy) is 1. The number of carboxylic acid groups (broad SMARTS) is 2. The number of thiazole rings is 1. The Labute approximate surface area is 231 Å². The Bertz CT molecular complexity index is 1410. The van der Waals surface area contributed by atoms with Crippen molar-refractivity contribution in [3.8, 4) is 5.75 Å². The van der Waals surface area contributed by atoms with Crippen molar-refractivity contribution >= 4 is 35.0 Å². The van der Waals surface area contributed by atoms with Crippen molar-refractivity contribution in [1.29, 1.82) is 0 Å². The average molecular weight is 551 g/mol. The van der Waals surface area contributed by atoms with Crippen LogP contribution in [0.4, 0.5) is 0 Å². The maximum Gasteiger partial charge on any atom is 0.303 e. The van der Waals surface area contributed by atoms with Crippen LogP contribution in [-0.4, -0.2) is 69.8 Å². The predicted molar refractivity (Wildman–Crippen MR) is 150 cm³/mol. The number of hydrogen-bond donors (Lipinski definition) is 3. The first-order valence-electron chi connectivity index (χ1n) is 13.0. The number of carbonyl (C=O) groups is 2. The van der Waals surface area contributed by atoms with Crippen LogP contribution in [0.2, 0.25) is 0 Å². The maximum absolute atomic E-state index is 9.64. The second kappa shape index (κ2) is 13.3. The van der Waals surface area contributed by atoms with Crippen molar-refractivity contribution in [2.24, 2.45) is 0 Å². The molecule has 3 N–H and O–H groups in total. The van der Waals surface area contributed by atoms with Gasteiger partial charge in [0, 0.05) is 43.2 Å². The summed E-state index contributed by atoms with van der Waals surface area (Å²) in [5, 5.41) is 22.9. The van der Waals surface area contributed by atoms with Gasteiger partial charge in [0.15, 0.2) is 0 Å². The van der Waals surface area contributed by atoms with Crippen LogP contribution in [0.1, 0.15) is 40.4 Å². The summed E-state index contributed by atoms with van der Waals surface area (Å²) in [6, 6.07) is 13.1. The number of piperazine rings is 1. The Balaban J connectivity index is 0.000000386. The molecule has 0 spiro atoms. The first kappa shape index (κ1) is 28.3. The maximum atomic E-state index is 9.64. The van der Waals surface area contributed by atoms with Crippen molar-refractivity contribution < 1.29 is 24.5 Å². The molecule has 2 aromatic heterocycles. The smallest absolute Gasteiger partial charge is 0.303 e. The summed E-state index contributed by atoms with van der Waals surface area (Å²) in [6.07, 6.45) is 6.69. The van der Waals surface area contributed by atoms with Crippen LogP contribution in [0.3, 0.4) is 0 Å². The fourth-order valence-corrected chi connectivity index (χ4v) is 5.66. The molecule has 0 bridgehead atoms. The molecule has 5 rings (SSSR count). The number of fused-ring (bicyclic) bond motifs is 2. The van der Waals surface area contributed by atoms with E-state index >= 15 is 0 Å². The first-order chi connectivity index (χ1) is 18.8. The molecule has 1 saturated heterocycles. The number of aliphatic carboxylic acids is 2. The van der Waals surface area contributed by atoms with Gasteiger partial charge >= 0.3 is 11.9 Å². The fourth-order valence-electron chi connectivity index (χ4n) is 4.76. The predicted octanol–water partition coefficient (Wildman–Crippen LogP) is 2.19. The molecular weight excluding hydrogens is 516 g/mol. The standard InChI is InChI=1S/C25H28N4OS.C4H6O4/c1-17-28-24-22(31-17)12-8-19-4-3-13-27-23(19)25(24)29-15-14-26-20(16-29)9-5-18-6-10-21(30-2)11-7-18;5-3(6)1-2-4(7)8/h3-4,6-8,10-11,13,20,26H,5,9,12,14-16H2,1-2H3;1-2H2,(H,5,6)(H,7,8). The molecule has 3 heterocycles. The summed E-state index contributed by atoms with van der Waals surface area (Å²) in [6.45, 7) is 5.02. The molecule has 10 heteroatoms. The number of aryl methyl sites for hydroxylation is 2. The first-order valence-corrected chi connectivity index (χ1v) is 13.8. The van der Waals surface area contributed by atoms with Gasteiger partial charge in [-0.05, 0) is 48.7 Å². The molecule has 1 aliphatic carbocycles. The van der Waals surface area contributed by atoms with E-state index in [0.29, 0.717) is 6.04 Å². The van der Waals surface area contributed by atoms with Gasteiger partial charge in [0.25, 0.3) is 0 Å². The third-order valence-corrected chi connectivity index (χ3v) is 7.66. The highest BCUT2D eigenvalue weighted by molar-refractivity contribution is 7.11. The average Bonchev–Trinajstić information content (AvgIpc) is 3.23. The van der Waals surface area contributed by atoms with E-state index in [2.05, 4.69) is 41.4 Å². The second-order valence-corrected chi connectivity index (χ2v) is 10.8. The van der Waals surface area contributed by atoms with E-state index in [1.807, 2.05) is 35.7 Å². The van der Waals surface area contributed by atoms with Crippen LogP contribution in [0.25, 0.3) is 11.8 Å². The quantitative estimate of drug-likeness (QED) is 0.387. The summed E-state index contributed by atoms with van der Waals surface area (Å²) < 4.78 is 5.28. The van der Waals surface area contributed by atoms with E-state index in [-0.39, 0.29) is 12.8 Å². The van der Waals surface area contributed by atoms with Gasteiger partial charge < -0.3 is 25.2 Å². The van der Waals surface area contributed by atoms with Crippen LogP contribution in [0.5, 0.6) is 5.75 Å².